The molecule has 0 saturated carbocycles. The molecular weight excluding hydrogens is 227 g/mol. The zero-order valence-corrected chi connectivity index (χ0v) is 8.19. The van der Waals surface area contributed by atoms with E-state index in [2.05, 4.69) is 0 Å². The number of carbonyl (C=O) groups is 1. The van der Waals surface area contributed by atoms with Gasteiger partial charge < -0.3 is 5.73 Å². The van der Waals surface area contributed by atoms with Crippen LogP contribution in [0.1, 0.15) is 6.42 Å². The molecule has 0 bridgehead atoms. The van der Waals surface area contributed by atoms with Gasteiger partial charge in [0.05, 0.1) is 6.42 Å². The summed E-state index contributed by atoms with van der Waals surface area (Å²) < 4.78 is 34.9. The van der Waals surface area contributed by atoms with E-state index in [1.54, 1.807) is 0 Å². The Hall–Kier alpha value is -0.200. The molecule has 0 saturated heterocycles. The van der Waals surface area contributed by atoms with Crippen LogP contribution in [0, 0.1) is 0 Å². The first-order valence-corrected chi connectivity index (χ1v) is 4.11. The highest BCUT2D eigenvalue weighted by atomic mass is 35.5. The summed E-state index contributed by atoms with van der Waals surface area (Å²) in [6, 6.07) is 0. The third-order valence-corrected chi connectivity index (χ3v) is 1.79. The van der Waals surface area contributed by atoms with Crippen molar-refractivity contribution in [2.45, 2.75) is 6.42 Å². The lowest BCUT2D eigenvalue weighted by Gasteiger charge is -1.95. The summed E-state index contributed by atoms with van der Waals surface area (Å²) in [7, 11) is 0. The number of allylic oxidation sites excluding steroid dienone is 1. The lowest BCUT2D eigenvalue weighted by molar-refractivity contribution is -0.110. The van der Waals surface area contributed by atoms with E-state index >= 15 is 0 Å². The van der Waals surface area contributed by atoms with Crippen molar-refractivity contribution in [1.82, 2.24) is 0 Å². The van der Waals surface area contributed by atoms with E-state index in [1.807, 2.05) is 0 Å². The molecule has 0 aliphatic carbocycles. The normalized spacial score (nSPS) is 8.92. The van der Waals surface area contributed by atoms with Gasteiger partial charge >= 0.3 is 6.08 Å². The minimum atomic E-state index is -2.43. The van der Waals surface area contributed by atoms with Crippen LogP contribution in [0.3, 0.4) is 0 Å². The number of thioether (sulfide) groups is 1. The SMILES string of the molecule is Cl.NCCSC(=O)CC(F)=C(F)F. The molecule has 0 rings (SSSR count). The van der Waals surface area contributed by atoms with E-state index in [0.29, 0.717) is 5.75 Å². The van der Waals surface area contributed by atoms with Gasteiger partial charge in [-0.15, -0.1) is 12.4 Å². The van der Waals surface area contributed by atoms with E-state index in [-0.39, 0.29) is 19.0 Å². The highest BCUT2D eigenvalue weighted by molar-refractivity contribution is 8.13. The largest absolute Gasteiger partial charge is 0.330 e. The number of halogens is 4. The molecule has 0 aromatic carbocycles. The smallest absolute Gasteiger partial charge is 0.301 e. The van der Waals surface area contributed by atoms with Crippen LogP contribution in [-0.2, 0) is 4.79 Å². The summed E-state index contributed by atoms with van der Waals surface area (Å²) in [6.07, 6.45) is -3.29. The van der Waals surface area contributed by atoms with Gasteiger partial charge in [-0.1, -0.05) is 11.8 Å². The Morgan fingerprint density at radius 1 is 1.31 bits per heavy atom. The van der Waals surface area contributed by atoms with Crippen molar-refractivity contribution in [1.29, 1.82) is 0 Å². The summed E-state index contributed by atoms with van der Waals surface area (Å²) >= 11 is 0.751. The van der Waals surface area contributed by atoms with E-state index < -0.39 is 23.4 Å². The van der Waals surface area contributed by atoms with E-state index in [4.69, 9.17) is 5.73 Å². The molecule has 0 atom stereocenters. The average molecular weight is 236 g/mol. The van der Waals surface area contributed by atoms with Crippen molar-refractivity contribution in [2.75, 3.05) is 12.3 Å². The van der Waals surface area contributed by atoms with Crippen LogP contribution in [0.25, 0.3) is 0 Å². The standard InChI is InChI=1S/C6H8F3NOS.ClH/c7-4(6(8)9)3-5(11)12-2-1-10;/h1-3,10H2;1H. The van der Waals surface area contributed by atoms with Gasteiger partial charge in [0.2, 0.25) is 0 Å². The minimum Gasteiger partial charge on any atom is -0.330 e. The topological polar surface area (TPSA) is 43.1 Å². The maximum absolute atomic E-state index is 12.1. The maximum atomic E-state index is 12.1. The van der Waals surface area contributed by atoms with E-state index in [9.17, 15) is 18.0 Å². The third-order valence-electron chi connectivity index (χ3n) is 0.886. The lowest BCUT2D eigenvalue weighted by Crippen LogP contribution is -2.04. The van der Waals surface area contributed by atoms with Gasteiger partial charge in [0.25, 0.3) is 0 Å². The predicted molar refractivity (Wildman–Crippen MR) is 48.7 cm³/mol. The van der Waals surface area contributed by atoms with Crippen LogP contribution in [0.5, 0.6) is 0 Å². The van der Waals surface area contributed by atoms with Gasteiger partial charge in [-0.25, -0.2) is 4.39 Å². The van der Waals surface area contributed by atoms with Gasteiger partial charge in [-0.2, -0.15) is 8.78 Å². The lowest BCUT2D eigenvalue weighted by atomic mass is 10.4. The Bertz CT molecular complexity index is 196. The van der Waals surface area contributed by atoms with Gasteiger partial charge in [0.1, 0.15) is 0 Å². The average Bonchev–Trinajstić information content (AvgIpc) is 2.00. The molecule has 0 amide bonds. The molecule has 2 nitrogen and oxygen atoms in total. The molecule has 0 aliphatic rings. The molecule has 0 aromatic rings. The summed E-state index contributed by atoms with van der Waals surface area (Å²) in [4.78, 5) is 10.6. The third kappa shape index (κ3) is 8.14. The molecule has 13 heavy (non-hydrogen) atoms. The van der Waals surface area contributed by atoms with Gasteiger partial charge in [0.15, 0.2) is 10.9 Å². The van der Waals surface area contributed by atoms with Crippen molar-refractivity contribution in [3.05, 3.63) is 11.9 Å². The fourth-order valence-corrected chi connectivity index (χ4v) is 0.992. The number of carbonyl (C=O) groups excluding carboxylic acids is 1. The molecular formula is C6H9ClF3NOS. The Labute approximate surface area is 84.1 Å². The molecule has 0 unspecified atom stereocenters. The first-order valence-electron chi connectivity index (χ1n) is 3.13. The van der Waals surface area contributed by atoms with Gasteiger partial charge in [-0.05, 0) is 0 Å². The number of hydrogen-bond donors (Lipinski definition) is 1. The highest BCUT2D eigenvalue weighted by Gasteiger charge is 2.10. The van der Waals surface area contributed by atoms with E-state index in [1.165, 1.54) is 0 Å². The molecule has 2 N–H and O–H groups in total. The zero-order chi connectivity index (χ0) is 9.56. The minimum absolute atomic E-state index is 0. The quantitative estimate of drug-likeness (QED) is 0.812. The second-order valence-corrected chi connectivity index (χ2v) is 3.00. The Morgan fingerprint density at radius 2 is 1.85 bits per heavy atom. The predicted octanol–water partition coefficient (Wildman–Crippen LogP) is 2.09. The Morgan fingerprint density at radius 3 is 2.23 bits per heavy atom. The van der Waals surface area contributed by atoms with Gasteiger partial charge in [0, 0.05) is 12.3 Å². The number of nitrogens with two attached hydrogens (primary N) is 1. The highest BCUT2D eigenvalue weighted by Crippen LogP contribution is 2.17. The van der Waals surface area contributed by atoms with Crippen LogP contribution in [0.4, 0.5) is 13.2 Å². The van der Waals surface area contributed by atoms with Crippen LogP contribution >= 0.6 is 24.2 Å². The van der Waals surface area contributed by atoms with Crippen LogP contribution in [0.15, 0.2) is 11.9 Å². The molecule has 0 aromatic heterocycles. The van der Waals surface area contributed by atoms with Crippen molar-refractivity contribution in [3.63, 3.8) is 0 Å². The fraction of sp³-hybridized carbons (Fsp3) is 0.500. The van der Waals surface area contributed by atoms with Crippen molar-refractivity contribution in [3.8, 4) is 0 Å². The Balaban J connectivity index is 0. The second-order valence-electron chi connectivity index (χ2n) is 1.85. The monoisotopic (exact) mass is 235 g/mol. The maximum Gasteiger partial charge on any atom is 0.301 e. The molecule has 0 heterocycles. The first-order chi connectivity index (χ1) is 5.57. The number of hydrogen-bond acceptors (Lipinski definition) is 3. The van der Waals surface area contributed by atoms with Crippen LogP contribution in [-0.4, -0.2) is 17.4 Å². The molecule has 0 radical (unpaired) electrons. The van der Waals surface area contributed by atoms with Crippen molar-refractivity contribution < 1.29 is 18.0 Å². The molecule has 0 aliphatic heterocycles. The van der Waals surface area contributed by atoms with Crippen molar-refractivity contribution >= 4 is 29.3 Å². The molecule has 0 spiro atoms. The second kappa shape index (κ2) is 8.40. The zero-order valence-electron chi connectivity index (χ0n) is 6.56. The summed E-state index contributed by atoms with van der Waals surface area (Å²) in [5.74, 6) is -1.34. The van der Waals surface area contributed by atoms with Crippen LogP contribution in [0.2, 0.25) is 0 Å². The molecule has 78 valence electrons. The summed E-state index contributed by atoms with van der Waals surface area (Å²) in [6.45, 7) is 0.264. The molecule has 7 heteroatoms. The van der Waals surface area contributed by atoms with Crippen molar-refractivity contribution in [2.24, 2.45) is 5.73 Å². The summed E-state index contributed by atoms with van der Waals surface area (Å²) in [5, 5.41) is -0.634. The molecule has 0 fully saturated rings. The first kappa shape index (κ1) is 15.3. The number of rotatable bonds is 4. The van der Waals surface area contributed by atoms with Gasteiger partial charge in [-0.3, -0.25) is 4.79 Å². The fourth-order valence-electron chi connectivity index (χ4n) is 0.417. The Kier molecular flexibility index (Phi) is 9.87. The van der Waals surface area contributed by atoms with E-state index in [0.717, 1.165) is 11.8 Å². The summed E-state index contributed by atoms with van der Waals surface area (Å²) in [5.41, 5.74) is 5.04. The van der Waals surface area contributed by atoms with Crippen LogP contribution < -0.4 is 5.73 Å².